The van der Waals surface area contributed by atoms with E-state index >= 15 is 0 Å². The van der Waals surface area contributed by atoms with E-state index in [1.807, 2.05) is 60.7 Å². The van der Waals surface area contributed by atoms with Gasteiger partial charge in [0.15, 0.2) is 0 Å². The molecule has 2 amide bonds. The van der Waals surface area contributed by atoms with Crippen molar-refractivity contribution in [1.29, 1.82) is 0 Å². The second-order valence-corrected chi connectivity index (χ2v) is 20.7. The van der Waals surface area contributed by atoms with E-state index in [2.05, 4.69) is 17.6 Å². The number of benzene rings is 4. The molecule has 4 atom stereocenters. The van der Waals surface area contributed by atoms with Crippen molar-refractivity contribution < 1.29 is 57.3 Å². The van der Waals surface area contributed by atoms with E-state index in [4.69, 9.17) is 18.9 Å². The lowest BCUT2D eigenvalue weighted by Gasteiger charge is -2.21. The van der Waals surface area contributed by atoms with Gasteiger partial charge in [-0.1, -0.05) is 199 Å². The highest BCUT2D eigenvalue weighted by Gasteiger charge is 2.30. The van der Waals surface area contributed by atoms with Crippen LogP contribution in [0.1, 0.15) is 145 Å². The fraction of sp³-hybridized carbons (Fsp3) is 0.484. The first-order valence-corrected chi connectivity index (χ1v) is 28.5. The van der Waals surface area contributed by atoms with Gasteiger partial charge in [0.25, 0.3) is 0 Å². The van der Waals surface area contributed by atoms with Crippen LogP contribution in [0.25, 0.3) is 0 Å². The van der Waals surface area contributed by atoms with Crippen LogP contribution >= 0.6 is 11.8 Å². The molecule has 4 aromatic rings. The summed E-state index contributed by atoms with van der Waals surface area (Å²) < 4.78 is 22.1. The van der Waals surface area contributed by atoms with Gasteiger partial charge in [-0.25, -0.2) is 4.79 Å². The third-order valence-corrected chi connectivity index (χ3v) is 14.2. The normalized spacial score (nSPS) is 12.5. The van der Waals surface area contributed by atoms with E-state index < -0.39 is 71.8 Å². The van der Waals surface area contributed by atoms with Crippen LogP contribution in [0, 0.1) is 17.8 Å². The Morgan fingerprint density at radius 3 is 1.39 bits per heavy atom. The highest BCUT2D eigenvalue weighted by Crippen LogP contribution is 2.23. The molecule has 0 saturated heterocycles. The van der Waals surface area contributed by atoms with E-state index in [0.717, 1.165) is 59.7 Å². The number of ketones is 2. The molecular formula is C62H80N2O12S. The lowest BCUT2D eigenvalue weighted by atomic mass is 9.97. The van der Waals surface area contributed by atoms with Crippen molar-refractivity contribution in [2.75, 3.05) is 18.1 Å². The minimum Gasteiger partial charge on any atom is -0.461 e. The second kappa shape index (κ2) is 38.0. The zero-order valence-electron chi connectivity index (χ0n) is 45.1. The fourth-order valence-corrected chi connectivity index (χ4v) is 9.55. The van der Waals surface area contributed by atoms with E-state index in [9.17, 15) is 38.4 Å². The first-order valence-electron chi connectivity index (χ1n) is 27.4. The molecule has 0 aromatic heterocycles. The summed E-state index contributed by atoms with van der Waals surface area (Å²) >= 11 is 1.15. The summed E-state index contributed by atoms with van der Waals surface area (Å²) in [6.07, 6.45) is 12.1. The van der Waals surface area contributed by atoms with Gasteiger partial charge in [-0.3, -0.25) is 33.6 Å². The zero-order chi connectivity index (χ0) is 55.3. The van der Waals surface area contributed by atoms with Crippen molar-refractivity contribution in [3.05, 3.63) is 144 Å². The molecule has 0 aliphatic heterocycles. The van der Waals surface area contributed by atoms with E-state index in [1.54, 1.807) is 67.6 Å². The van der Waals surface area contributed by atoms with E-state index in [0.29, 0.717) is 6.42 Å². The van der Waals surface area contributed by atoms with Gasteiger partial charge in [0.2, 0.25) is 11.8 Å². The minimum atomic E-state index is -1.25. The summed E-state index contributed by atoms with van der Waals surface area (Å²) in [7, 11) is 0. The molecule has 0 spiro atoms. The maximum Gasteiger partial charge on any atom is 0.328 e. The van der Waals surface area contributed by atoms with Crippen LogP contribution in [0.2, 0.25) is 0 Å². The maximum atomic E-state index is 13.9. The number of amides is 2. The molecule has 0 radical (unpaired) electrons. The van der Waals surface area contributed by atoms with Gasteiger partial charge in [-0.05, 0) is 35.1 Å². The Labute approximate surface area is 459 Å². The number of ether oxygens (including phenoxy) is 4. The zero-order valence-corrected chi connectivity index (χ0v) is 46.0. The molecule has 0 bridgehead atoms. The molecule has 416 valence electrons. The quantitative estimate of drug-likeness (QED) is 0.0243. The SMILES string of the molecule is CCCCCCCCCCCCCC(=O)C[C@@H](C)C(=O)N[C@H](CCC(=O)C[C@H](CSC[C@H](CC(=O)OCc1ccccc1)C(=O)OCc1ccccc1)C(=O)NCC(=O)OCc1ccccc1)C(=O)OCc1ccccc1. The summed E-state index contributed by atoms with van der Waals surface area (Å²) in [6.45, 7) is 3.25. The summed E-state index contributed by atoms with van der Waals surface area (Å²) in [4.78, 5) is 107. The molecule has 15 heteroatoms. The van der Waals surface area contributed by atoms with Gasteiger partial charge in [-0.2, -0.15) is 11.8 Å². The third-order valence-electron chi connectivity index (χ3n) is 12.9. The number of hydrogen-bond donors (Lipinski definition) is 2. The molecule has 4 aromatic carbocycles. The number of rotatable bonds is 40. The van der Waals surface area contributed by atoms with Gasteiger partial charge in [-0.15, -0.1) is 0 Å². The molecule has 14 nitrogen and oxygen atoms in total. The molecule has 0 saturated carbocycles. The smallest absolute Gasteiger partial charge is 0.328 e. The van der Waals surface area contributed by atoms with Crippen molar-refractivity contribution in [1.82, 2.24) is 10.6 Å². The highest BCUT2D eigenvalue weighted by atomic mass is 32.2. The summed E-state index contributed by atoms with van der Waals surface area (Å²) in [5.41, 5.74) is 2.99. The largest absolute Gasteiger partial charge is 0.461 e. The Morgan fingerprint density at radius 1 is 0.455 bits per heavy atom. The Hall–Kier alpha value is -6.61. The van der Waals surface area contributed by atoms with Crippen molar-refractivity contribution in [2.24, 2.45) is 17.8 Å². The van der Waals surface area contributed by atoms with E-state index in [-0.39, 0.29) is 75.8 Å². The molecule has 4 rings (SSSR count). The summed E-state index contributed by atoms with van der Waals surface area (Å²) in [6, 6.07) is 34.9. The van der Waals surface area contributed by atoms with Gasteiger partial charge in [0.1, 0.15) is 50.6 Å². The average molecular weight is 1080 g/mol. The van der Waals surface area contributed by atoms with Crippen LogP contribution in [0.5, 0.6) is 0 Å². The Bertz CT molecular complexity index is 2370. The topological polar surface area (TPSA) is 198 Å². The standard InChI is InChI=1S/C62H80N2O12S/c1-3-4-5-6-7-8-9-10-11-12-25-34-54(65)37-47(2)59(69)64-56(62(72)76-44-51-32-23-16-24-33-51)36-35-55(66)38-52(60(70)63-40-58(68)74-42-49-28-19-14-20-29-49)45-77-46-53(61(71)75-43-50-30-21-15-22-31-50)39-57(67)73-41-48-26-17-13-18-27-48/h13-24,26-33,47,52-53,56H,3-12,25,34-46H2,1-2H3,(H,63,70)(H,64,69)/t47-,52-,53+,56-/m1/s1. The van der Waals surface area contributed by atoms with Crippen LogP contribution < -0.4 is 10.6 Å². The predicted octanol–water partition coefficient (Wildman–Crippen LogP) is 11.0. The monoisotopic (exact) mass is 1080 g/mol. The first-order chi connectivity index (χ1) is 37.4. The number of hydrogen-bond acceptors (Lipinski definition) is 13. The lowest BCUT2D eigenvalue weighted by Crippen LogP contribution is -2.44. The second-order valence-electron chi connectivity index (χ2n) is 19.6. The summed E-state index contributed by atoms with van der Waals surface area (Å²) in [5, 5.41) is 5.32. The average Bonchev–Trinajstić information content (AvgIpc) is 3.45. The number of carbonyl (C=O) groups is 8. The van der Waals surface area contributed by atoms with E-state index in [1.165, 1.54) is 44.9 Å². The molecule has 0 unspecified atom stereocenters. The van der Waals surface area contributed by atoms with Crippen LogP contribution in [0.4, 0.5) is 0 Å². The third kappa shape index (κ3) is 27.8. The number of thioether (sulfide) groups is 1. The van der Waals surface area contributed by atoms with Crippen LogP contribution in [0.15, 0.2) is 121 Å². The highest BCUT2D eigenvalue weighted by molar-refractivity contribution is 7.99. The van der Waals surface area contributed by atoms with Gasteiger partial charge >= 0.3 is 23.9 Å². The van der Waals surface area contributed by atoms with Crippen molar-refractivity contribution in [3.63, 3.8) is 0 Å². The lowest BCUT2D eigenvalue weighted by molar-refractivity contribution is -0.155. The van der Waals surface area contributed by atoms with Gasteiger partial charge in [0.05, 0.1) is 18.3 Å². The number of nitrogens with one attached hydrogen (secondary N) is 2. The van der Waals surface area contributed by atoms with Crippen LogP contribution in [-0.4, -0.2) is 71.4 Å². The Morgan fingerprint density at radius 2 is 0.883 bits per heavy atom. The molecule has 0 heterocycles. The van der Waals surface area contributed by atoms with Crippen LogP contribution in [-0.2, 0) is 83.7 Å². The first kappa shape index (κ1) is 62.9. The Kier molecular flexibility index (Phi) is 31.1. The van der Waals surface area contributed by atoms with Crippen molar-refractivity contribution in [3.8, 4) is 0 Å². The van der Waals surface area contributed by atoms with Crippen molar-refractivity contribution >= 4 is 59.0 Å². The fourth-order valence-electron chi connectivity index (χ4n) is 8.32. The Balaban J connectivity index is 1.39. The van der Waals surface area contributed by atoms with Crippen LogP contribution in [0.3, 0.4) is 0 Å². The molecular weight excluding hydrogens is 997 g/mol. The molecule has 2 N–H and O–H groups in total. The minimum absolute atomic E-state index is 0.00302. The number of Topliss-reactive ketones (excluding diaryl/α,β-unsaturated/α-hetero) is 2. The molecule has 0 fully saturated rings. The number of carbonyl (C=O) groups excluding carboxylic acids is 8. The predicted molar refractivity (Wildman–Crippen MR) is 298 cm³/mol. The maximum absolute atomic E-state index is 13.9. The summed E-state index contributed by atoms with van der Waals surface area (Å²) in [5.74, 6) is -7.11. The number of unbranched alkanes of at least 4 members (excludes halogenated alkanes) is 10. The molecule has 77 heavy (non-hydrogen) atoms. The number of esters is 4. The molecule has 0 aliphatic rings. The van der Waals surface area contributed by atoms with Gasteiger partial charge < -0.3 is 29.6 Å². The van der Waals surface area contributed by atoms with Gasteiger partial charge in [0, 0.05) is 43.1 Å². The van der Waals surface area contributed by atoms with Crippen molar-refractivity contribution in [2.45, 2.75) is 155 Å². The molecule has 0 aliphatic carbocycles.